The molecule has 9 nitrogen and oxygen atoms in total. The molecule has 9 heteroatoms. The van der Waals surface area contributed by atoms with Gasteiger partial charge in [0.1, 0.15) is 29.6 Å². The Morgan fingerprint density at radius 3 is 2.46 bits per heavy atom. The van der Waals surface area contributed by atoms with Gasteiger partial charge in [0.25, 0.3) is 5.91 Å². The summed E-state index contributed by atoms with van der Waals surface area (Å²) in [7, 11) is 2.89. The zero-order valence-corrected chi connectivity index (χ0v) is 20.7. The first-order valence-corrected chi connectivity index (χ1v) is 11.2. The quantitative estimate of drug-likeness (QED) is 0.147. The van der Waals surface area contributed by atoms with Gasteiger partial charge in [-0.3, -0.25) is 4.79 Å². The fourth-order valence-electron chi connectivity index (χ4n) is 3.24. The van der Waals surface area contributed by atoms with E-state index in [0.717, 1.165) is 11.1 Å². The van der Waals surface area contributed by atoms with Gasteiger partial charge in [0.15, 0.2) is 5.70 Å². The van der Waals surface area contributed by atoms with Crippen molar-refractivity contribution in [1.29, 1.82) is 0 Å². The lowest BCUT2D eigenvalue weighted by Gasteiger charge is -2.10. The number of amides is 1. The Morgan fingerprint density at radius 1 is 1.00 bits per heavy atom. The fourth-order valence-corrected chi connectivity index (χ4v) is 3.24. The monoisotopic (exact) mass is 501 g/mol. The summed E-state index contributed by atoms with van der Waals surface area (Å²) in [6.07, 6.45) is 1.71. The third-order valence-corrected chi connectivity index (χ3v) is 5.14. The average molecular weight is 502 g/mol. The molecule has 0 spiro atoms. The topological polar surface area (TPSA) is 119 Å². The summed E-state index contributed by atoms with van der Waals surface area (Å²) in [5.74, 6) is -0.898. The van der Waals surface area contributed by atoms with Crippen molar-refractivity contribution >= 4 is 29.3 Å². The van der Waals surface area contributed by atoms with Gasteiger partial charge in [0.05, 0.1) is 25.5 Å². The van der Waals surface area contributed by atoms with Crippen LogP contribution in [0.25, 0.3) is 6.08 Å². The SMILES string of the molecule is C=Cc1cccc(COC(=O)c2ccc(N=NC(C(=O)Nc3ccccc3OC)=C(C)O)c(OC)c2)c1. The molecule has 0 atom stereocenters. The number of aliphatic hydroxyl groups excluding tert-OH is 1. The number of aliphatic hydroxyl groups is 1. The van der Waals surface area contributed by atoms with E-state index in [9.17, 15) is 14.7 Å². The van der Waals surface area contributed by atoms with Gasteiger partial charge in [-0.05, 0) is 54.4 Å². The van der Waals surface area contributed by atoms with E-state index in [0.29, 0.717) is 11.4 Å². The second-order valence-corrected chi connectivity index (χ2v) is 7.70. The second-order valence-electron chi connectivity index (χ2n) is 7.70. The van der Waals surface area contributed by atoms with Crippen LogP contribution in [-0.4, -0.2) is 31.2 Å². The molecule has 0 aliphatic heterocycles. The third kappa shape index (κ3) is 7.04. The number of anilines is 1. The van der Waals surface area contributed by atoms with E-state index in [1.54, 1.807) is 30.3 Å². The molecule has 0 saturated heterocycles. The summed E-state index contributed by atoms with van der Waals surface area (Å²) < 4.78 is 16.0. The lowest BCUT2D eigenvalue weighted by atomic mass is 10.1. The Balaban J connectivity index is 1.74. The molecule has 37 heavy (non-hydrogen) atoms. The maximum Gasteiger partial charge on any atom is 0.338 e. The van der Waals surface area contributed by atoms with Crippen LogP contribution in [0.15, 0.2) is 95.0 Å². The van der Waals surface area contributed by atoms with Crippen LogP contribution in [0.5, 0.6) is 11.5 Å². The molecule has 3 rings (SSSR count). The van der Waals surface area contributed by atoms with Gasteiger partial charge in [-0.1, -0.05) is 43.0 Å². The molecular formula is C28H27N3O6. The molecular weight excluding hydrogens is 474 g/mol. The number of hydrogen-bond donors (Lipinski definition) is 2. The van der Waals surface area contributed by atoms with E-state index in [1.807, 2.05) is 24.3 Å². The molecule has 0 aromatic heterocycles. The standard InChI is InChI=1S/C28H27N3O6/c1-5-19-9-8-10-20(15-19)17-37-28(34)21-13-14-23(25(16-21)36-4)30-31-26(18(2)32)27(33)29-22-11-6-7-12-24(22)35-3/h5-16,32H,1,17H2,2-4H3,(H,29,33). The Kier molecular flexibility index (Phi) is 9.15. The summed E-state index contributed by atoms with van der Waals surface area (Å²) in [6, 6.07) is 18.8. The Bertz CT molecular complexity index is 1360. The summed E-state index contributed by atoms with van der Waals surface area (Å²) in [4.78, 5) is 25.3. The highest BCUT2D eigenvalue weighted by molar-refractivity contribution is 6.04. The number of esters is 1. The molecule has 1 amide bonds. The third-order valence-electron chi connectivity index (χ3n) is 5.14. The van der Waals surface area contributed by atoms with Crippen molar-refractivity contribution in [1.82, 2.24) is 0 Å². The number of methoxy groups -OCH3 is 2. The van der Waals surface area contributed by atoms with Gasteiger partial charge in [0.2, 0.25) is 0 Å². The molecule has 2 N–H and O–H groups in total. The largest absolute Gasteiger partial charge is 0.510 e. The van der Waals surface area contributed by atoms with Gasteiger partial charge < -0.3 is 24.6 Å². The first kappa shape index (κ1) is 26.7. The van der Waals surface area contributed by atoms with Crippen molar-refractivity contribution in [2.75, 3.05) is 19.5 Å². The van der Waals surface area contributed by atoms with Gasteiger partial charge >= 0.3 is 5.97 Å². The van der Waals surface area contributed by atoms with E-state index < -0.39 is 11.9 Å². The summed E-state index contributed by atoms with van der Waals surface area (Å²) in [5, 5.41) is 20.6. The molecule has 0 aliphatic carbocycles. The zero-order valence-electron chi connectivity index (χ0n) is 20.7. The van der Waals surface area contributed by atoms with E-state index in [4.69, 9.17) is 14.2 Å². The van der Waals surface area contributed by atoms with Crippen LogP contribution < -0.4 is 14.8 Å². The van der Waals surface area contributed by atoms with Gasteiger partial charge in [0, 0.05) is 0 Å². The van der Waals surface area contributed by atoms with Crippen LogP contribution >= 0.6 is 0 Å². The van der Waals surface area contributed by atoms with Crippen LogP contribution in [0.1, 0.15) is 28.4 Å². The van der Waals surface area contributed by atoms with Crippen LogP contribution in [0, 0.1) is 0 Å². The molecule has 0 aliphatic rings. The lowest BCUT2D eigenvalue weighted by molar-refractivity contribution is -0.113. The van der Waals surface area contributed by atoms with E-state index in [-0.39, 0.29) is 35.1 Å². The van der Waals surface area contributed by atoms with Crippen LogP contribution in [0.4, 0.5) is 11.4 Å². The molecule has 190 valence electrons. The van der Waals surface area contributed by atoms with Gasteiger partial charge in [-0.25, -0.2) is 4.79 Å². The van der Waals surface area contributed by atoms with Gasteiger partial charge in [-0.2, -0.15) is 0 Å². The normalized spacial score (nSPS) is 11.4. The van der Waals surface area contributed by atoms with Crippen molar-refractivity contribution in [3.8, 4) is 11.5 Å². The van der Waals surface area contributed by atoms with Crippen molar-refractivity contribution < 1.29 is 28.9 Å². The van der Waals surface area contributed by atoms with Crippen LogP contribution in [0.3, 0.4) is 0 Å². The number of benzene rings is 3. The zero-order chi connectivity index (χ0) is 26.8. The maximum absolute atomic E-state index is 12.7. The number of carbonyl (C=O) groups excluding carboxylic acids is 2. The van der Waals surface area contributed by atoms with E-state index in [2.05, 4.69) is 22.1 Å². The second kappa shape index (κ2) is 12.7. The molecule has 3 aromatic carbocycles. The maximum atomic E-state index is 12.7. The number of nitrogens with one attached hydrogen (secondary N) is 1. The number of allylic oxidation sites excluding steroid dienone is 1. The number of nitrogens with zero attached hydrogens (tertiary/aromatic N) is 2. The predicted molar refractivity (Wildman–Crippen MR) is 140 cm³/mol. The molecule has 3 aromatic rings. The summed E-state index contributed by atoms with van der Waals surface area (Å²) in [5.41, 5.74) is 2.33. The molecule has 0 unspecified atom stereocenters. The minimum Gasteiger partial charge on any atom is -0.510 e. The Morgan fingerprint density at radius 2 is 1.76 bits per heavy atom. The number of carbonyl (C=O) groups is 2. The number of azo groups is 1. The fraction of sp³-hybridized carbons (Fsp3) is 0.143. The molecule has 0 fully saturated rings. The lowest BCUT2D eigenvalue weighted by Crippen LogP contribution is -2.15. The first-order valence-electron chi connectivity index (χ1n) is 11.2. The minimum atomic E-state index is -0.687. The van der Waals surface area contributed by atoms with E-state index in [1.165, 1.54) is 39.3 Å². The predicted octanol–water partition coefficient (Wildman–Crippen LogP) is 6.22. The van der Waals surface area contributed by atoms with Crippen molar-refractivity contribution in [3.63, 3.8) is 0 Å². The van der Waals surface area contributed by atoms with E-state index >= 15 is 0 Å². The number of ether oxygens (including phenoxy) is 3. The highest BCUT2D eigenvalue weighted by Gasteiger charge is 2.17. The molecule has 0 saturated carbocycles. The molecule has 0 radical (unpaired) electrons. The smallest absolute Gasteiger partial charge is 0.338 e. The van der Waals surface area contributed by atoms with Crippen molar-refractivity contribution in [3.05, 3.63) is 101 Å². The highest BCUT2D eigenvalue weighted by Crippen LogP contribution is 2.30. The Hall–Kier alpha value is -4.92. The number of hydrogen-bond acceptors (Lipinski definition) is 8. The number of para-hydroxylation sites is 2. The summed E-state index contributed by atoms with van der Waals surface area (Å²) in [6.45, 7) is 5.14. The minimum absolute atomic E-state index is 0.0928. The van der Waals surface area contributed by atoms with Crippen molar-refractivity contribution in [2.45, 2.75) is 13.5 Å². The highest BCUT2D eigenvalue weighted by atomic mass is 16.5. The summed E-state index contributed by atoms with van der Waals surface area (Å²) >= 11 is 0. The first-order chi connectivity index (χ1) is 17.9. The molecule has 0 bridgehead atoms. The van der Waals surface area contributed by atoms with Gasteiger partial charge in [-0.15, -0.1) is 10.2 Å². The number of rotatable bonds is 10. The average Bonchev–Trinajstić information content (AvgIpc) is 2.92. The van der Waals surface area contributed by atoms with Crippen molar-refractivity contribution in [2.24, 2.45) is 10.2 Å². The van der Waals surface area contributed by atoms with Crippen LogP contribution in [0.2, 0.25) is 0 Å². The molecule has 0 heterocycles. The Labute approximate surface area is 214 Å². The van der Waals surface area contributed by atoms with Crippen LogP contribution in [-0.2, 0) is 16.1 Å².